The van der Waals surface area contributed by atoms with Crippen LogP contribution < -0.4 is 5.73 Å². The third-order valence-electron chi connectivity index (χ3n) is 3.39. The average Bonchev–Trinajstić information content (AvgIpc) is 2.85. The molecular formula is C14H26N2O3S. The summed E-state index contributed by atoms with van der Waals surface area (Å²) in [5.74, 6) is 1.64. The highest BCUT2D eigenvalue weighted by Gasteiger charge is 2.29. The molecule has 20 heavy (non-hydrogen) atoms. The topological polar surface area (TPSA) is 72.6 Å². The molecule has 6 heteroatoms. The van der Waals surface area contributed by atoms with Gasteiger partial charge in [-0.2, -0.15) is 11.8 Å². The number of amides is 1. The molecule has 1 aliphatic rings. The summed E-state index contributed by atoms with van der Waals surface area (Å²) in [6, 6.07) is -0.290. The molecule has 0 aliphatic carbocycles. The second-order valence-electron chi connectivity index (χ2n) is 5.65. The monoisotopic (exact) mass is 302 g/mol. The molecule has 0 saturated carbocycles. The Bertz CT molecular complexity index is 336. The minimum atomic E-state index is -0.578. The number of hydrogen-bond donors (Lipinski definition) is 1. The summed E-state index contributed by atoms with van der Waals surface area (Å²) in [5.41, 5.74) is 5.70. The molecule has 0 aromatic carbocycles. The number of nitrogens with two attached hydrogens (primary N) is 1. The van der Waals surface area contributed by atoms with Crippen LogP contribution in [0.1, 0.15) is 33.1 Å². The predicted octanol–water partition coefficient (Wildman–Crippen LogP) is 1.26. The van der Waals surface area contributed by atoms with E-state index in [1.807, 2.05) is 4.90 Å². The van der Waals surface area contributed by atoms with Crippen LogP contribution >= 0.6 is 11.8 Å². The predicted molar refractivity (Wildman–Crippen MR) is 81.5 cm³/mol. The van der Waals surface area contributed by atoms with Gasteiger partial charge in [0.15, 0.2) is 0 Å². The summed E-state index contributed by atoms with van der Waals surface area (Å²) in [7, 11) is 1.34. The number of ether oxygens (including phenoxy) is 1. The molecule has 0 radical (unpaired) electrons. The second-order valence-corrected chi connectivity index (χ2v) is 6.72. The van der Waals surface area contributed by atoms with Gasteiger partial charge in [0.1, 0.15) is 6.04 Å². The highest BCUT2D eigenvalue weighted by molar-refractivity contribution is 7.99. The van der Waals surface area contributed by atoms with Crippen molar-refractivity contribution in [2.24, 2.45) is 11.7 Å². The molecule has 1 amide bonds. The zero-order valence-electron chi connectivity index (χ0n) is 12.6. The summed E-state index contributed by atoms with van der Waals surface area (Å²) in [6.45, 7) is 4.99. The maximum atomic E-state index is 12.1. The Balaban J connectivity index is 2.35. The average molecular weight is 302 g/mol. The first kappa shape index (κ1) is 17.3. The van der Waals surface area contributed by atoms with Crippen molar-refractivity contribution in [3.8, 4) is 0 Å². The van der Waals surface area contributed by atoms with Crippen LogP contribution in [0, 0.1) is 5.92 Å². The molecular weight excluding hydrogens is 276 g/mol. The van der Waals surface area contributed by atoms with Crippen LogP contribution in [-0.2, 0) is 14.3 Å². The first-order valence-corrected chi connectivity index (χ1v) is 8.31. The minimum Gasteiger partial charge on any atom is -0.468 e. The highest BCUT2D eigenvalue weighted by atomic mass is 32.2. The number of methoxy groups -OCH3 is 1. The van der Waals surface area contributed by atoms with Gasteiger partial charge in [0, 0.05) is 30.5 Å². The number of carbonyl (C=O) groups excluding carboxylic acids is 2. The quantitative estimate of drug-likeness (QED) is 0.717. The second kappa shape index (κ2) is 8.52. The lowest BCUT2D eigenvalue weighted by Gasteiger charge is -2.25. The molecule has 0 bridgehead atoms. The van der Waals surface area contributed by atoms with E-state index in [4.69, 9.17) is 5.73 Å². The molecule has 0 spiro atoms. The fourth-order valence-electron chi connectivity index (χ4n) is 2.35. The van der Waals surface area contributed by atoms with E-state index in [9.17, 15) is 9.59 Å². The van der Waals surface area contributed by atoms with Crippen LogP contribution in [0.5, 0.6) is 0 Å². The summed E-state index contributed by atoms with van der Waals surface area (Å²) >= 11 is 1.62. The van der Waals surface area contributed by atoms with Gasteiger partial charge in [0.05, 0.1) is 7.11 Å². The zero-order chi connectivity index (χ0) is 15.1. The molecule has 0 unspecified atom stereocenters. The number of hydrogen-bond acceptors (Lipinski definition) is 5. The van der Waals surface area contributed by atoms with Gasteiger partial charge in [-0.3, -0.25) is 9.59 Å². The van der Waals surface area contributed by atoms with E-state index in [0.29, 0.717) is 18.1 Å². The summed E-state index contributed by atoms with van der Waals surface area (Å²) < 4.78 is 4.60. The van der Waals surface area contributed by atoms with Crippen LogP contribution in [0.15, 0.2) is 0 Å². The molecule has 0 aromatic heterocycles. The number of thioether (sulfide) groups is 1. The Morgan fingerprint density at radius 2 is 2.15 bits per heavy atom. The normalized spacial score (nSPS) is 20.2. The van der Waals surface area contributed by atoms with Crippen molar-refractivity contribution in [2.45, 2.75) is 45.2 Å². The van der Waals surface area contributed by atoms with Gasteiger partial charge >= 0.3 is 5.97 Å². The molecule has 2 atom stereocenters. The maximum absolute atomic E-state index is 12.1. The van der Waals surface area contributed by atoms with Gasteiger partial charge in [-0.25, -0.2) is 0 Å². The molecule has 1 rings (SSSR count). The molecule has 5 nitrogen and oxygen atoms in total. The first-order valence-electron chi connectivity index (χ1n) is 7.16. The standard InChI is InChI=1S/C14H26N2O3S/c1-10(2)7-13(17)16-6-4-5-11(16)8-20-9-12(15)14(18)19-3/h10-12H,4-9,15H2,1-3H3/t11-,12-/m0/s1. The molecule has 1 saturated heterocycles. The van der Waals surface area contributed by atoms with Crippen molar-refractivity contribution < 1.29 is 14.3 Å². The molecule has 116 valence electrons. The summed E-state index contributed by atoms with van der Waals surface area (Å²) in [6.07, 6.45) is 2.73. The number of nitrogens with zero attached hydrogens (tertiary/aromatic N) is 1. The molecule has 1 heterocycles. The Kier molecular flexibility index (Phi) is 7.37. The molecule has 2 N–H and O–H groups in total. The Hall–Kier alpha value is -0.750. The fourth-order valence-corrected chi connectivity index (χ4v) is 3.50. The van der Waals surface area contributed by atoms with E-state index >= 15 is 0 Å². The lowest BCUT2D eigenvalue weighted by atomic mass is 10.1. The third-order valence-corrected chi connectivity index (χ3v) is 4.61. The SMILES string of the molecule is COC(=O)[C@@H](N)CSC[C@@H]1CCCN1C(=O)CC(C)C. The van der Waals surface area contributed by atoms with Crippen molar-refractivity contribution >= 4 is 23.6 Å². The van der Waals surface area contributed by atoms with Gasteiger partial charge in [0.25, 0.3) is 0 Å². The molecule has 0 aromatic rings. The largest absolute Gasteiger partial charge is 0.468 e. The summed E-state index contributed by atoms with van der Waals surface area (Å²) in [5, 5.41) is 0. The van der Waals surface area contributed by atoms with Gasteiger partial charge < -0.3 is 15.4 Å². The first-order chi connectivity index (χ1) is 9.45. The molecule has 1 fully saturated rings. The van der Waals surface area contributed by atoms with Crippen LogP contribution in [0.3, 0.4) is 0 Å². The third kappa shape index (κ3) is 5.32. The van der Waals surface area contributed by atoms with E-state index in [1.54, 1.807) is 11.8 Å². The Morgan fingerprint density at radius 3 is 2.75 bits per heavy atom. The van der Waals surface area contributed by atoms with Crippen LogP contribution in [0.4, 0.5) is 0 Å². The van der Waals surface area contributed by atoms with Gasteiger partial charge in [-0.1, -0.05) is 13.8 Å². The van der Waals surface area contributed by atoms with Crippen LogP contribution in [0.2, 0.25) is 0 Å². The lowest BCUT2D eigenvalue weighted by molar-refractivity contribution is -0.141. The van der Waals surface area contributed by atoms with Crippen LogP contribution in [-0.4, -0.2) is 54.0 Å². The van der Waals surface area contributed by atoms with Gasteiger partial charge in [-0.05, 0) is 18.8 Å². The smallest absolute Gasteiger partial charge is 0.323 e. The number of carbonyl (C=O) groups is 2. The fraction of sp³-hybridized carbons (Fsp3) is 0.857. The zero-order valence-corrected chi connectivity index (χ0v) is 13.4. The van der Waals surface area contributed by atoms with E-state index in [1.165, 1.54) is 7.11 Å². The van der Waals surface area contributed by atoms with Crippen molar-refractivity contribution in [3.63, 3.8) is 0 Å². The van der Waals surface area contributed by atoms with E-state index in [0.717, 1.165) is 25.1 Å². The minimum absolute atomic E-state index is 0.250. The number of esters is 1. The lowest BCUT2D eigenvalue weighted by Crippen LogP contribution is -2.38. The maximum Gasteiger partial charge on any atom is 0.323 e. The molecule has 1 aliphatic heterocycles. The Morgan fingerprint density at radius 1 is 1.45 bits per heavy atom. The van der Waals surface area contributed by atoms with Gasteiger partial charge in [0.2, 0.25) is 5.91 Å². The van der Waals surface area contributed by atoms with Crippen molar-refractivity contribution in [1.82, 2.24) is 4.90 Å². The Labute approximate surface area is 125 Å². The van der Waals surface area contributed by atoms with E-state index in [2.05, 4.69) is 18.6 Å². The number of rotatable bonds is 7. The highest BCUT2D eigenvalue weighted by Crippen LogP contribution is 2.23. The van der Waals surface area contributed by atoms with Gasteiger partial charge in [-0.15, -0.1) is 0 Å². The summed E-state index contributed by atoms with van der Waals surface area (Å²) in [4.78, 5) is 25.3. The van der Waals surface area contributed by atoms with Crippen LogP contribution in [0.25, 0.3) is 0 Å². The van der Waals surface area contributed by atoms with Crippen molar-refractivity contribution in [1.29, 1.82) is 0 Å². The van der Waals surface area contributed by atoms with Crippen molar-refractivity contribution in [3.05, 3.63) is 0 Å². The number of likely N-dealkylation sites (tertiary alicyclic amines) is 1. The van der Waals surface area contributed by atoms with E-state index in [-0.39, 0.29) is 17.9 Å². The van der Waals surface area contributed by atoms with E-state index < -0.39 is 6.04 Å². The van der Waals surface area contributed by atoms with Crippen molar-refractivity contribution in [2.75, 3.05) is 25.2 Å².